The van der Waals surface area contributed by atoms with Crippen LogP contribution in [0.5, 0.6) is 0 Å². The molecule has 8 atom stereocenters. The molecular formula is C83H140N16O24. The Kier molecular flexibility index (Phi) is 57.3. The minimum atomic E-state index is -1.10. The molecular weight excluding hydrogens is 1610 g/mol. The van der Waals surface area contributed by atoms with Crippen LogP contribution in [-0.4, -0.2) is 193 Å². The summed E-state index contributed by atoms with van der Waals surface area (Å²) in [5, 5.41) is 76.0. The fraction of sp³-hybridized carbons (Fsp3) is 0.602. The highest BCUT2D eigenvalue weighted by Crippen LogP contribution is 2.23. The van der Waals surface area contributed by atoms with Gasteiger partial charge in [0, 0.05) is 74.3 Å². The number of Topliss-reactive ketones (excluding diaryl/α,β-unsaturated/α-hetero) is 3. The molecule has 40 nitrogen and oxygen atoms in total. The van der Waals surface area contributed by atoms with Gasteiger partial charge in [0.05, 0.1) is 43.9 Å². The van der Waals surface area contributed by atoms with Crippen molar-refractivity contribution >= 4 is 107 Å². The normalized spacial score (nSPS) is 12.9. The highest BCUT2D eigenvalue weighted by atomic mass is 16.6. The van der Waals surface area contributed by atoms with Crippen LogP contribution in [0.1, 0.15) is 205 Å². The Morgan fingerprint density at radius 1 is 0.358 bits per heavy atom. The summed E-state index contributed by atoms with van der Waals surface area (Å²) in [7, 11) is 0. The van der Waals surface area contributed by atoms with Gasteiger partial charge in [-0.3, -0.25) is 33.6 Å². The van der Waals surface area contributed by atoms with Gasteiger partial charge >= 0.3 is 60.3 Å². The molecule has 696 valence electrons. The van der Waals surface area contributed by atoms with E-state index in [1.165, 1.54) is 0 Å². The molecule has 40 heteroatoms. The number of anilines is 3. The predicted molar refractivity (Wildman–Crippen MR) is 463 cm³/mol. The number of carbonyl (C=O) groups is 15. The van der Waals surface area contributed by atoms with E-state index in [1.54, 1.807) is 177 Å². The Bertz CT molecular complexity index is 3740. The quantitative estimate of drug-likeness (QED) is 0.0159. The van der Waals surface area contributed by atoms with E-state index in [0.29, 0.717) is 75.0 Å². The third-order valence-electron chi connectivity index (χ3n) is 16.9. The van der Waals surface area contributed by atoms with E-state index in [9.17, 15) is 82.1 Å². The summed E-state index contributed by atoms with van der Waals surface area (Å²) >= 11 is 0. The number of aliphatic hydroxyl groups excluding tert-OH is 3. The summed E-state index contributed by atoms with van der Waals surface area (Å²) in [6, 6.07) is 14.0. The summed E-state index contributed by atoms with van der Waals surface area (Å²) in [5.41, 5.74) is 38.5. The number of ether oxygens (including phenoxy) is 3. The summed E-state index contributed by atoms with van der Waals surface area (Å²) in [4.78, 5) is 174. The Morgan fingerprint density at radius 2 is 0.626 bits per heavy atom. The maximum absolute atomic E-state index is 13.1. The van der Waals surface area contributed by atoms with Crippen molar-refractivity contribution < 1.29 is 117 Å². The van der Waals surface area contributed by atoms with E-state index in [2.05, 4.69) is 47.9 Å². The number of aliphatic carboxylic acids is 3. The lowest BCUT2D eigenvalue weighted by Gasteiger charge is -2.26. The lowest BCUT2D eigenvalue weighted by Crippen LogP contribution is -2.47. The molecule has 3 aromatic carbocycles. The number of nitrogens with one attached hydrogen (secondary N) is 9. The van der Waals surface area contributed by atoms with Crippen LogP contribution in [0.4, 0.5) is 50.6 Å². The van der Waals surface area contributed by atoms with Crippen molar-refractivity contribution in [2.24, 2.45) is 75.8 Å². The molecule has 0 radical (unpaired) electrons. The fourth-order valence-corrected chi connectivity index (χ4v) is 10.3. The fourth-order valence-electron chi connectivity index (χ4n) is 10.3. The lowest BCUT2D eigenvalue weighted by atomic mass is 9.89. The predicted octanol–water partition coefficient (Wildman–Crippen LogP) is 6.69. The Hall–Kier alpha value is -11.5. The minimum Gasteiger partial charge on any atom is -0.481 e. The molecule has 3 rings (SSSR count). The number of ketones is 3. The minimum absolute atomic E-state index is 0.0104. The Morgan fingerprint density at radius 3 is 0.878 bits per heavy atom. The van der Waals surface area contributed by atoms with Gasteiger partial charge in [-0.2, -0.15) is 0 Å². The van der Waals surface area contributed by atoms with Gasteiger partial charge in [0.15, 0.2) is 17.3 Å². The first-order chi connectivity index (χ1) is 56.9. The number of nitrogen functional groups attached to an aromatic ring is 1. The first-order valence-corrected chi connectivity index (χ1v) is 40.3. The molecule has 3 aromatic rings. The van der Waals surface area contributed by atoms with E-state index >= 15 is 0 Å². The molecule has 0 aliphatic rings. The van der Waals surface area contributed by atoms with Crippen LogP contribution < -0.4 is 88.0 Å². The number of carboxylic acid groups (broad SMARTS) is 3. The molecule has 0 aromatic heterocycles. The molecule has 29 N–H and O–H groups in total. The summed E-state index contributed by atoms with van der Waals surface area (Å²) < 4.78 is 15.4. The average molecular weight is 1750 g/mol. The van der Waals surface area contributed by atoms with Crippen LogP contribution in [0, 0.1) is 41.4 Å². The molecule has 0 aliphatic heterocycles. The first-order valence-electron chi connectivity index (χ1n) is 40.3. The number of benzene rings is 3. The number of primary amides is 4. The number of urea groups is 4. The zero-order chi connectivity index (χ0) is 95.3. The van der Waals surface area contributed by atoms with Crippen molar-refractivity contribution in [2.45, 2.75) is 255 Å². The molecule has 0 bridgehead atoms. The zero-order valence-corrected chi connectivity index (χ0v) is 74.2. The van der Waals surface area contributed by atoms with Gasteiger partial charge in [-0.1, -0.05) is 91.8 Å². The standard InChI is InChI=1S/C24H38N4O6.C19H30N4O4.C17H31N3O6.C10H19NO4.C7H9NO.C6H13N3O3/c1-15(2)20(28-23(33)34-24(3,4)5)19(30)13-17(7-6-12-26-22(25)32)21(31)27-18-10-8-16(14-29)9-11-18;1-12(2)17(20)16(25)10-14(4-3-9-22-19(21)27)18(26)23-15-7-5-13(11-24)6-8-15;1-10(2)13(20-16(25)26-17(3,4)5)12(21)9-11(14(22)23)7-6-8-19-15(18)24;1-6(2)7(8(12)13)11-9(14)15-10(3,4)5;8-7-3-1-6(5-9)2-4-7;7-4(5(10)11)2-1-3-9-6(8)12/h8-11,15,17,20,29H,6-7,12-14H2,1-5H3,(H,27,31)(H,28,33)(H3,25,26,32);5-8,12,14,17,24H,3-4,9-11,20H2,1-2H3,(H,23,26)(H3,21,22,27);10-11,13H,6-9H2,1-5H3,(H,20,25)(H,22,23)(H3,18,19,24);6-7H,1-5H3,(H,11,14)(H,12,13);1-4,9H,5,8H2;4H,1-3,7H2,(H,10,11)(H3,8,9,12). The number of amides is 13. The van der Waals surface area contributed by atoms with Crippen LogP contribution in [0.2, 0.25) is 0 Å². The number of hydrogen-bond acceptors (Lipinski definition) is 24. The molecule has 0 heterocycles. The first kappa shape index (κ1) is 116. The van der Waals surface area contributed by atoms with Crippen LogP contribution in [0.15, 0.2) is 72.8 Å². The molecule has 0 aliphatic carbocycles. The number of rotatable bonds is 42. The average Bonchev–Trinajstić information content (AvgIpc) is 0.867. The number of alkyl carbamates (subject to hydrolysis) is 3. The third-order valence-corrected chi connectivity index (χ3v) is 16.9. The molecule has 0 fully saturated rings. The summed E-state index contributed by atoms with van der Waals surface area (Å²) in [6.07, 6.45) is 0.695. The zero-order valence-electron chi connectivity index (χ0n) is 74.2. The maximum atomic E-state index is 13.1. The number of nitrogens with two attached hydrogens (primary N) is 7. The van der Waals surface area contributed by atoms with Crippen LogP contribution >= 0.6 is 0 Å². The highest BCUT2D eigenvalue weighted by molar-refractivity contribution is 5.98. The smallest absolute Gasteiger partial charge is 0.408 e. The Labute approximate surface area is 720 Å². The van der Waals surface area contributed by atoms with Crippen molar-refractivity contribution in [2.75, 3.05) is 42.5 Å². The van der Waals surface area contributed by atoms with Crippen molar-refractivity contribution in [1.82, 2.24) is 37.2 Å². The highest BCUT2D eigenvalue weighted by Gasteiger charge is 2.34. The maximum Gasteiger partial charge on any atom is 0.408 e. The molecule has 0 spiro atoms. The number of aliphatic hydroxyl groups is 3. The van der Waals surface area contributed by atoms with Gasteiger partial charge in [-0.05, 0) is 190 Å². The van der Waals surface area contributed by atoms with E-state index < -0.39 is 125 Å². The van der Waals surface area contributed by atoms with Crippen LogP contribution in [0.25, 0.3) is 0 Å². The SMILES string of the molecule is CC(C)C(N)C(=O)CC(CCCNC(N)=O)C(=O)Nc1ccc(CO)cc1.CC(C)C(NC(=O)OC(C)(C)C)C(=O)CC(CCCNC(N)=O)C(=O)Nc1ccc(CO)cc1.CC(C)C(NC(=O)OC(C)(C)C)C(=O)CC(CCCNC(N)=O)C(=O)O.CC(C)C(NC(=O)OC(C)(C)C)C(=O)O.NC(=O)NCCCC(N)C(=O)O.Nc1ccc(CO)cc1. The van der Waals surface area contributed by atoms with Gasteiger partial charge in [-0.15, -0.1) is 0 Å². The number of hydrogen-bond donors (Lipinski definition) is 22. The van der Waals surface area contributed by atoms with Gasteiger partial charge in [0.25, 0.3) is 0 Å². The van der Waals surface area contributed by atoms with Crippen LogP contribution in [-0.2, 0) is 72.4 Å². The van der Waals surface area contributed by atoms with Crippen LogP contribution in [0.3, 0.4) is 0 Å². The summed E-state index contributed by atoms with van der Waals surface area (Å²) in [5.74, 6) is -7.45. The Balaban J connectivity index is -0.00000147. The third kappa shape index (κ3) is 59.8. The molecule has 123 heavy (non-hydrogen) atoms. The van der Waals surface area contributed by atoms with Crippen molar-refractivity contribution in [3.8, 4) is 0 Å². The molecule has 0 saturated carbocycles. The van der Waals surface area contributed by atoms with Crippen molar-refractivity contribution in [3.05, 3.63) is 89.5 Å². The van der Waals surface area contributed by atoms with Gasteiger partial charge in [-0.25, -0.2) is 38.4 Å². The van der Waals surface area contributed by atoms with Gasteiger partial charge in [0.2, 0.25) is 11.8 Å². The second kappa shape index (κ2) is 60.9. The van der Waals surface area contributed by atoms with E-state index in [-0.39, 0.29) is 111 Å². The van der Waals surface area contributed by atoms with E-state index in [1.807, 2.05) is 13.8 Å². The van der Waals surface area contributed by atoms with Gasteiger partial charge in [0.1, 0.15) is 28.9 Å². The second-order valence-corrected chi connectivity index (χ2v) is 32.9. The number of carbonyl (C=O) groups excluding carboxylic acids is 12. The lowest BCUT2D eigenvalue weighted by molar-refractivity contribution is -0.144. The molecule has 13 amide bonds. The van der Waals surface area contributed by atoms with Gasteiger partial charge < -0.3 is 133 Å². The van der Waals surface area contributed by atoms with Crippen molar-refractivity contribution in [1.29, 1.82) is 0 Å². The largest absolute Gasteiger partial charge is 0.481 e. The molecule has 8 unspecified atom stereocenters. The second-order valence-electron chi connectivity index (χ2n) is 32.9. The number of carboxylic acids is 3. The van der Waals surface area contributed by atoms with E-state index in [0.717, 1.165) is 16.8 Å². The monoisotopic (exact) mass is 1750 g/mol. The molecule has 0 saturated heterocycles. The summed E-state index contributed by atoms with van der Waals surface area (Å²) in [6.45, 7) is 30.8. The van der Waals surface area contributed by atoms with E-state index in [4.69, 9.17) is 74.8 Å². The van der Waals surface area contributed by atoms with Crippen molar-refractivity contribution in [3.63, 3.8) is 0 Å². The topological polar surface area (TPSA) is 696 Å².